The summed E-state index contributed by atoms with van der Waals surface area (Å²) >= 11 is 0. The molecule has 0 atom stereocenters. The number of nitrogens with zero attached hydrogens (tertiary/aromatic N) is 3. The van der Waals surface area contributed by atoms with Crippen molar-refractivity contribution in [2.75, 3.05) is 5.32 Å². The fraction of sp³-hybridized carbons (Fsp3) is 0.545. The minimum Gasteiger partial charge on any atom is -0.336 e. The zero-order valence-electron chi connectivity index (χ0n) is 18.4. The summed E-state index contributed by atoms with van der Waals surface area (Å²) in [6.45, 7) is 4.05. The van der Waals surface area contributed by atoms with Gasteiger partial charge in [-0.1, -0.05) is 13.8 Å². The molecule has 2 saturated carbocycles. The third kappa shape index (κ3) is 3.39. The molecule has 10 heteroatoms. The van der Waals surface area contributed by atoms with Gasteiger partial charge in [-0.25, -0.2) is 9.97 Å². The Morgan fingerprint density at radius 3 is 2.31 bits per heavy atom. The zero-order valence-corrected chi connectivity index (χ0v) is 18.4. The highest BCUT2D eigenvalue weighted by Crippen LogP contribution is 2.59. The average molecular weight is 423 g/mol. The Balaban J connectivity index is 1.64. The monoisotopic (exact) mass is 423 g/mol. The summed E-state index contributed by atoms with van der Waals surface area (Å²) in [5.41, 5.74) is 0.667. The van der Waals surface area contributed by atoms with Crippen LogP contribution in [0.1, 0.15) is 80.0 Å². The van der Waals surface area contributed by atoms with E-state index < -0.39 is 10.8 Å². The Kier molecular flexibility index (Phi) is 4.67. The molecular formula is C22H24B3N5O2. The van der Waals surface area contributed by atoms with Crippen LogP contribution < -0.4 is 16.2 Å². The van der Waals surface area contributed by atoms with Crippen molar-refractivity contribution in [2.24, 2.45) is 5.41 Å². The number of hydrogen-bond acceptors (Lipinski definition) is 5. The van der Waals surface area contributed by atoms with Gasteiger partial charge in [-0.3, -0.25) is 14.2 Å². The fourth-order valence-electron chi connectivity index (χ4n) is 5.11. The largest absolute Gasteiger partial charge is 0.336 e. The molecule has 3 heterocycles. The van der Waals surface area contributed by atoms with E-state index in [0.717, 1.165) is 18.5 Å². The number of amides is 1. The molecule has 2 N–H and O–H groups in total. The highest BCUT2D eigenvalue weighted by atomic mass is 16.2. The molecule has 2 aliphatic carbocycles. The maximum Gasteiger partial charge on any atom is 0.276 e. The normalized spacial score (nSPS) is 20.4. The van der Waals surface area contributed by atoms with Crippen molar-refractivity contribution in [2.45, 2.75) is 69.1 Å². The molecule has 0 bridgehead atoms. The second-order valence-corrected chi connectivity index (χ2v) is 9.99. The summed E-state index contributed by atoms with van der Waals surface area (Å²) in [5.74, 6) is 0.295. The fourth-order valence-corrected chi connectivity index (χ4v) is 5.11. The molecule has 0 saturated heterocycles. The van der Waals surface area contributed by atoms with E-state index in [0.29, 0.717) is 24.1 Å². The van der Waals surface area contributed by atoms with Crippen LogP contribution in [0.3, 0.4) is 0 Å². The van der Waals surface area contributed by atoms with E-state index in [1.807, 2.05) is 13.8 Å². The first-order valence-corrected chi connectivity index (χ1v) is 11.1. The number of fused-ring (bicyclic) bond motifs is 2. The topological polar surface area (TPSA) is 88.9 Å². The molecule has 2 fully saturated rings. The summed E-state index contributed by atoms with van der Waals surface area (Å²) in [7, 11) is 18.1. The van der Waals surface area contributed by atoms with Gasteiger partial charge in [0, 0.05) is 11.8 Å². The number of aromatic nitrogens is 3. The minimum absolute atomic E-state index is 0.144. The van der Waals surface area contributed by atoms with Gasteiger partial charge in [-0.05, 0) is 61.5 Å². The highest BCUT2D eigenvalue weighted by molar-refractivity contribution is 6.59. The molecule has 32 heavy (non-hydrogen) atoms. The smallest absolute Gasteiger partial charge is 0.276 e. The van der Waals surface area contributed by atoms with Crippen LogP contribution >= 0.6 is 0 Å². The molecular weight excluding hydrogens is 399 g/mol. The summed E-state index contributed by atoms with van der Waals surface area (Å²) < 4.78 is 1.54. The zero-order chi connectivity index (χ0) is 22.9. The quantitative estimate of drug-likeness (QED) is 0.734. The SMILES string of the molecule is [B]C([B])([B])c1cc(Nc2cc(C(C)C)ncn2)c(=O)n2c1C(=O)NC21CCC2(CC2)CC1. The first kappa shape index (κ1) is 21.3. The number of nitrogens with one attached hydrogen (secondary N) is 2. The number of anilines is 2. The van der Waals surface area contributed by atoms with Gasteiger partial charge in [0.05, 0.1) is 23.5 Å². The molecule has 0 unspecified atom stereocenters. The number of carbonyl (C=O) groups excluding carboxylic acids is 1. The Hall–Kier alpha value is -2.51. The Labute approximate surface area is 191 Å². The predicted molar refractivity (Wildman–Crippen MR) is 125 cm³/mol. The van der Waals surface area contributed by atoms with E-state index >= 15 is 0 Å². The predicted octanol–water partition coefficient (Wildman–Crippen LogP) is 1.87. The van der Waals surface area contributed by atoms with Crippen molar-refractivity contribution in [1.82, 2.24) is 19.9 Å². The minimum atomic E-state index is -1.80. The van der Waals surface area contributed by atoms with Crippen molar-refractivity contribution < 1.29 is 4.79 Å². The van der Waals surface area contributed by atoms with Crippen molar-refractivity contribution in [3.05, 3.63) is 45.8 Å². The maximum absolute atomic E-state index is 13.7. The first-order valence-electron chi connectivity index (χ1n) is 11.1. The van der Waals surface area contributed by atoms with Crippen LogP contribution in [0.4, 0.5) is 11.5 Å². The molecule has 1 amide bonds. The molecule has 2 aromatic rings. The van der Waals surface area contributed by atoms with Gasteiger partial charge < -0.3 is 10.6 Å². The lowest BCUT2D eigenvalue weighted by Crippen LogP contribution is -2.50. The Morgan fingerprint density at radius 2 is 1.72 bits per heavy atom. The van der Waals surface area contributed by atoms with Gasteiger partial charge in [-0.15, -0.1) is 5.11 Å². The first-order chi connectivity index (χ1) is 15.0. The molecule has 3 aliphatic rings. The average Bonchev–Trinajstić information content (AvgIpc) is 3.43. The number of pyridine rings is 1. The lowest BCUT2D eigenvalue weighted by atomic mass is 9.40. The number of carbonyl (C=O) groups is 1. The molecule has 158 valence electrons. The van der Waals surface area contributed by atoms with Gasteiger partial charge in [-0.2, -0.15) is 0 Å². The van der Waals surface area contributed by atoms with Gasteiger partial charge in [0.2, 0.25) is 0 Å². The maximum atomic E-state index is 13.7. The van der Waals surface area contributed by atoms with E-state index in [9.17, 15) is 9.59 Å². The summed E-state index contributed by atoms with van der Waals surface area (Å²) in [5, 5.41) is 4.36. The van der Waals surface area contributed by atoms with Crippen LogP contribution in [0.15, 0.2) is 23.3 Å². The standard InChI is InChI=1S/C22H24B3N5O2/c1-12(2)14-10-16(27-11-26-14)28-15-9-13(22(23,24)25)17-18(31)29-21(30(17)19(15)32)7-5-20(3-4-20)6-8-21/h9-12H,3-8H2,1-2H3,(H,29,31)(H,26,27,28). The van der Waals surface area contributed by atoms with Crippen LogP contribution in [0.2, 0.25) is 0 Å². The van der Waals surface area contributed by atoms with Crippen LogP contribution in [-0.4, -0.2) is 44.0 Å². The van der Waals surface area contributed by atoms with Crippen molar-refractivity contribution in [1.29, 1.82) is 0 Å². The van der Waals surface area contributed by atoms with Crippen molar-refractivity contribution in [3.8, 4) is 0 Å². The third-order valence-corrected chi connectivity index (χ3v) is 7.29. The van der Waals surface area contributed by atoms with Crippen LogP contribution in [-0.2, 0) is 10.8 Å². The molecule has 6 radical (unpaired) electrons. The molecule has 1 aliphatic heterocycles. The molecule has 7 nitrogen and oxygen atoms in total. The van der Waals surface area contributed by atoms with E-state index in [-0.39, 0.29) is 34.3 Å². The Morgan fingerprint density at radius 1 is 1.06 bits per heavy atom. The van der Waals surface area contributed by atoms with E-state index in [4.69, 9.17) is 23.5 Å². The van der Waals surface area contributed by atoms with E-state index in [2.05, 4.69) is 20.6 Å². The highest BCUT2D eigenvalue weighted by Gasteiger charge is 2.54. The van der Waals surface area contributed by atoms with Gasteiger partial charge in [0.15, 0.2) is 0 Å². The second kappa shape index (κ2) is 6.99. The van der Waals surface area contributed by atoms with Crippen molar-refractivity contribution in [3.63, 3.8) is 0 Å². The number of hydrogen-bond donors (Lipinski definition) is 2. The summed E-state index contributed by atoms with van der Waals surface area (Å²) in [6, 6.07) is 3.26. The van der Waals surface area contributed by atoms with Crippen LogP contribution in [0, 0.1) is 5.41 Å². The molecule has 5 rings (SSSR count). The summed E-state index contributed by atoms with van der Waals surface area (Å²) in [6.07, 6.45) is 7.19. The molecule has 2 spiro atoms. The van der Waals surface area contributed by atoms with E-state index in [1.165, 1.54) is 29.8 Å². The van der Waals surface area contributed by atoms with E-state index in [1.54, 1.807) is 6.07 Å². The van der Waals surface area contributed by atoms with Gasteiger partial charge in [0.25, 0.3) is 11.5 Å². The van der Waals surface area contributed by atoms with Gasteiger partial charge >= 0.3 is 0 Å². The van der Waals surface area contributed by atoms with Gasteiger partial charge in [0.1, 0.15) is 29.2 Å². The van der Waals surface area contributed by atoms with Crippen LogP contribution in [0.25, 0.3) is 0 Å². The third-order valence-electron chi connectivity index (χ3n) is 7.29. The molecule has 0 aromatic carbocycles. The van der Waals surface area contributed by atoms with Crippen LogP contribution in [0.5, 0.6) is 0 Å². The summed E-state index contributed by atoms with van der Waals surface area (Å²) in [4.78, 5) is 35.3. The Bertz CT molecular complexity index is 1160. The number of rotatable bonds is 4. The second-order valence-electron chi connectivity index (χ2n) is 9.99. The van der Waals surface area contributed by atoms with Crippen molar-refractivity contribution >= 4 is 41.0 Å². The lowest BCUT2D eigenvalue weighted by molar-refractivity contribution is 0.0821. The molecule has 2 aromatic heterocycles. The lowest BCUT2D eigenvalue weighted by Gasteiger charge is -2.39.